The van der Waals surface area contributed by atoms with Crippen molar-refractivity contribution in [3.63, 3.8) is 0 Å². The Labute approximate surface area is 141 Å². The molecule has 6 heteroatoms. The van der Waals surface area contributed by atoms with Crippen molar-refractivity contribution in [2.75, 3.05) is 18.8 Å². The molecule has 1 amide bonds. The molecule has 0 radical (unpaired) electrons. The second-order valence-electron chi connectivity index (χ2n) is 7.45. The number of sulfonamides is 1. The molecule has 0 aromatic carbocycles. The number of rotatable bonds is 7. The maximum absolute atomic E-state index is 12.4. The number of likely N-dealkylation sites (tertiary alicyclic amines) is 1. The van der Waals surface area contributed by atoms with Crippen LogP contribution in [0, 0.1) is 17.8 Å². The molecule has 0 bridgehead atoms. The number of hydrogen-bond donors (Lipinski definition) is 1. The molecule has 1 aliphatic carbocycles. The van der Waals surface area contributed by atoms with E-state index in [4.69, 9.17) is 0 Å². The number of carbonyl (C=O) groups excluding carboxylic acids is 1. The highest BCUT2D eigenvalue weighted by Gasteiger charge is 2.32. The summed E-state index contributed by atoms with van der Waals surface area (Å²) in [6, 6.07) is -0.0109. The van der Waals surface area contributed by atoms with Gasteiger partial charge < -0.3 is 4.90 Å². The molecule has 1 saturated carbocycles. The maximum atomic E-state index is 12.4. The van der Waals surface area contributed by atoms with Crippen LogP contribution in [0.2, 0.25) is 0 Å². The fourth-order valence-electron chi connectivity index (χ4n) is 3.93. The van der Waals surface area contributed by atoms with Crippen molar-refractivity contribution < 1.29 is 13.2 Å². The van der Waals surface area contributed by atoms with E-state index in [9.17, 15) is 13.2 Å². The summed E-state index contributed by atoms with van der Waals surface area (Å²) < 4.78 is 27.3. The van der Waals surface area contributed by atoms with Crippen molar-refractivity contribution in [2.24, 2.45) is 17.8 Å². The predicted molar refractivity (Wildman–Crippen MR) is 92.5 cm³/mol. The van der Waals surface area contributed by atoms with Gasteiger partial charge in [-0.1, -0.05) is 20.8 Å². The molecule has 1 heterocycles. The average Bonchev–Trinajstić information content (AvgIpc) is 2.47. The van der Waals surface area contributed by atoms with Gasteiger partial charge in [-0.2, -0.15) is 0 Å². The molecule has 5 nitrogen and oxygen atoms in total. The standard InChI is InChI=1S/C17H32N2O3S/c1-4-15(5-2)17(20)19-8-6-16(7-9-19)18-23(21,22)12-14-10-13(3)11-14/h13-16,18H,4-12H2,1-3H3. The zero-order chi connectivity index (χ0) is 17.0. The van der Waals surface area contributed by atoms with Crippen LogP contribution in [0.5, 0.6) is 0 Å². The molecule has 0 aromatic rings. The molecule has 0 spiro atoms. The Morgan fingerprint density at radius 2 is 1.74 bits per heavy atom. The van der Waals surface area contributed by atoms with E-state index in [1.807, 2.05) is 18.7 Å². The molecular formula is C17H32N2O3S. The Morgan fingerprint density at radius 1 is 1.17 bits per heavy atom. The lowest BCUT2D eigenvalue weighted by molar-refractivity contribution is -0.136. The summed E-state index contributed by atoms with van der Waals surface area (Å²) in [5, 5.41) is 0. The smallest absolute Gasteiger partial charge is 0.225 e. The molecule has 23 heavy (non-hydrogen) atoms. The van der Waals surface area contributed by atoms with Gasteiger partial charge in [0.1, 0.15) is 0 Å². The van der Waals surface area contributed by atoms with E-state index in [1.165, 1.54) is 0 Å². The highest BCUT2D eigenvalue weighted by molar-refractivity contribution is 7.89. The van der Waals surface area contributed by atoms with E-state index in [2.05, 4.69) is 11.6 Å². The Balaban J connectivity index is 1.77. The van der Waals surface area contributed by atoms with Crippen molar-refractivity contribution in [3.05, 3.63) is 0 Å². The normalized spacial score (nSPS) is 26.3. The van der Waals surface area contributed by atoms with Crippen LogP contribution in [0.4, 0.5) is 0 Å². The number of nitrogens with zero attached hydrogens (tertiary/aromatic N) is 1. The number of piperidine rings is 1. The first-order chi connectivity index (χ1) is 10.8. The van der Waals surface area contributed by atoms with Crippen LogP contribution >= 0.6 is 0 Å². The van der Waals surface area contributed by atoms with E-state index in [1.54, 1.807) is 0 Å². The minimum atomic E-state index is -3.18. The first-order valence-corrected chi connectivity index (χ1v) is 10.8. The fraction of sp³-hybridized carbons (Fsp3) is 0.941. The van der Waals surface area contributed by atoms with E-state index in [0.717, 1.165) is 38.5 Å². The number of carbonyl (C=O) groups is 1. The maximum Gasteiger partial charge on any atom is 0.225 e. The van der Waals surface area contributed by atoms with Crippen LogP contribution in [0.15, 0.2) is 0 Å². The molecule has 1 N–H and O–H groups in total. The van der Waals surface area contributed by atoms with Gasteiger partial charge >= 0.3 is 0 Å². The van der Waals surface area contributed by atoms with Crippen molar-refractivity contribution in [2.45, 2.75) is 65.3 Å². The molecule has 0 aromatic heterocycles. The third kappa shape index (κ3) is 5.18. The summed E-state index contributed by atoms with van der Waals surface area (Å²) in [5.41, 5.74) is 0. The fourth-order valence-corrected chi connectivity index (χ4v) is 5.66. The third-order valence-electron chi connectivity index (χ3n) is 5.41. The first kappa shape index (κ1) is 18.7. The zero-order valence-corrected chi connectivity index (χ0v) is 15.6. The molecule has 2 fully saturated rings. The van der Waals surface area contributed by atoms with Crippen LogP contribution in [0.3, 0.4) is 0 Å². The van der Waals surface area contributed by atoms with E-state index in [-0.39, 0.29) is 23.6 Å². The SMILES string of the molecule is CCC(CC)C(=O)N1CCC(NS(=O)(=O)CC2CC(C)C2)CC1. The van der Waals surface area contributed by atoms with Gasteiger partial charge in [0.25, 0.3) is 0 Å². The van der Waals surface area contributed by atoms with Gasteiger partial charge in [-0.3, -0.25) is 4.79 Å². The Bertz CT molecular complexity index is 488. The van der Waals surface area contributed by atoms with Crippen LogP contribution in [-0.4, -0.2) is 44.1 Å². The van der Waals surface area contributed by atoms with Gasteiger partial charge in [-0.05, 0) is 50.4 Å². The van der Waals surface area contributed by atoms with Gasteiger partial charge in [0, 0.05) is 25.0 Å². The van der Waals surface area contributed by atoms with Crippen molar-refractivity contribution in [1.29, 1.82) is 0 Å². The lowest BCUT2D eigenvalue weighted by Gasteiger charge is -2.35. The quantitative estimate of drug-likeness (QED) is 0.771. The summed E-state index contributed by atoms with van der Waals surface area (Å²) in [6.45, 7) is 7.61. The second kappa shape index (κ2) is 7.97. The molecule has 0 unspecified atom stereocenters. The zero-order valence-electron chi connectivity index (χ0n) is 14.8. The Kier molecular flexibility index (Phi) is 6.48. The Morgan fingerprint density at radius 3 is 2.22 bits per heavy atom. The highest BCUT2D eigenvalue weighted by Crippen LogP contribution is 2.33. The van der Waals surface area contributed by atoms with Gasteiger partial charge in [0.15, 0.2) is 0 Å². The van der Waals surface area contributed by atoms with Gasteiger partial charge in [-0.25, -0.2) is 13.1 Å². The third-order valence-corrected chi connectivity index (χ3v) is 7.02. The molecule has 134 valence electrons. The van der Waals surface area contributed by atoms with Gasteiger partial charge in [0.05, 0.1) is 5.75 Å². The molecule has 1 aliphatic heterocycles. The molecule has 1 saturated heterocycles. The predicted octanol–water partition coefficient (Wildman–Crippen LogP) is 2.38. The number of hydrogen-bond acceptors (Lipinski definition) is 3. The minimum absolute atomic E-state index is 0.0109. The topological polar surface area (TPSA) is 66.5 Å². The largest absolute Gasteiger partial charge is 0.342 e. The van der Waals surface area contributed by atoms with Gasteiger partial charge in [0.2, 0.25) is 15.9 Å². The van der Waals surface area contributed by atoms with E-state index < -0.39 is 10.0 Å². The van der Waals surface area contributed by atoms with Crippen molar-refractivity contribution in [1.82, 2.24) is 9.62 Å². The molecular weight excluding hydrogens is 312 g/mol. The van der Waals surface area contributed by atoms with Crippen LogP contribution in [-0.2, 0) is 14.8 Å². The number of nitrogens with one attached hydrogen (secondary N) is 1. The van der Waals surface area contributed by atoms with E-state index in [0.29, 0.717) is 24.9 Å². The lowest BCUT2D eigenvalue weighted by Crippen LogP contribution is -2.49. The first-order valence-electron chi connectivity index (χ1n) is 9.13. The Hall–Kier alpha value is -0.620. The summed E-state index contributed by atoms with van der Waals surface area (Å²) in [5.74, 6) is 1.63. The molecule has 2 aliphatic rings. The lowest BCUT2D eigenvalue weighted by atomic mass is 9.77. The van der Waals surface area contributed by atoms with Crippen LogP contribution < -0.4 is 4.72 Å². The van der Waals surface area contributed by atoms with Crippen molar-refractivity contribution in [3.8, 4) is 0 Å². The summed E-state index contributed by atoms with van der Waals surface area (Å²) >= 11 is 0. The minimum Gasteiger partial charge on any atom is -0.342 e. The average molecular weight is 345 g/mol. The van der Waals surface area contributed by atoms with E-state index >= 15 is 0 Å². The number of amides is 1. The van der Waals surface area contributed by atoms with Crippen LogP contribution in [0.25, 0.3) is 0 Å². The monoisotopic (exact) mass is 344 g/mol. The molecule has 0 atom stereocenters. The molecule has 2 rings (SSSR count). The van der Waals surface area contributed by atoms with Gasteiger partial charge in [-0.15, -0.1) is 0 Å². The summed E-state index contributed by atoms with van der Waals surface area (Å²) in [6.07, 6.45) is 5.27. The van der Waals surface area contributed by atoms with Crippen LogP contribution in [0.1, 0.15) is 59.3 Å². The summed E-state index contributed by atoms with van der Waals surface area (Å²) in [4.78, 5) is 14.3. The van der Waals surface area contributed by atoms with Crippen molar-refractivity contribution >= 4 is 15.9 Å². The second-order valence-corrected chi connectivity index (χ2v) is 9.25. The highest BCUT2D eigenvalue weighted by atomic mass is 32.2. The summed E-state index contributed by atoms with van der Waals surface area (Å²) in [7, 11) is -3.18.